The molecule has 4 nitrogen and oxygen atoms in total. The average Bonchev–Trinajstić information content (AvgIpc) is 2.13. The summed E-state index contributed by atoms with van der Waals surface area (Å²) in [5, 5.41) is 0. The Hall–Kier alpha value is -0.160. The van der Waals surface area contributed by atoms with Crippen molar-refractivity contribution in [1.29, 1.82) is 0 Å². The summed E-state index contributed by atoms with van der Waals surface area (Å²) in [5.74, 6) is 0. The predicted molar refractivity (Wildman–Crippen MR) is 76.9 cm³/mol. The van der Waals surface area contributed by atoms with Gasteiger partial charge in [0.2, 0.25) is 0 Å². The highest BCUT2D eigenvalue weighted by Gasteiger charge is 2.00. The van der Waals surface area contributed by atoms with Gasteiger partial charge in [0.25, 0.3) is 0 Å². The molecule has 1 atom stereocenters. The van der Waals surface area contributed by atoms with Gasteiger partial charge in [0.05, 0.1) is 39.1 Å². The summed E-state index contributed by atoms with van der Waals surface area (Å²) in [5.41, 5.74) is 0. The summed E-state index contributed by atoms with van der Waals surface area (Å²) in [7, 11) is 3.31. The normalized spacial score (nSPS) is 10.1. The Morgan fingerprint density at radius 3 is 1.71 bits per heavy atom. The molecular weight excluding hydrogens is 220 g/mol. The third kappa shape index (κ3) is 25.8. The molecule has 0 aromatic carbocycles. The van der Waals surface area contributed by atoms with E-state index in [4.69, 9.17) is 18.9 Å². The van der Waals surface area contributed by atoms with E-state index in [1.54, 1.807) is 14.2 Å². The summed E-state index contributed by atoms with van der Waals surface area (Å²) < 4.78 is 20.3. The molecule has 0 aromatic heterocycles. The minimum atomic E-state index is 0. The fraction of sp³-hybridized carbons (Fsp3) is 1.00. The van der Waals surface area contributed by atoms with Gasteiger partial charge < -0.3 is 18.9 Å². The van der Waals surface area contributed by atoms with E-state index < -0.39 is 0 Å². The highest BCUT2D eigenvalue weighted by atomic mass is 16.6. The molecule has 0 aromatic rings. The summed E-state index contributed by atoms with van der Waals surface area (Å²) in [6.45, 7) is 5.07. The molecule has 0 aliphatic heterocycles. The van der Waals surface area contributed by atoms with Gasteiger partial charge in [-0.05, 0) is 6.92 Å². The zero-order valence-corrected chi connectivity index (χ0v) is 8.75. The van der Waals surface area contributed by atoms with Gasteiger partial charge in [-0.25, -0.2) is 0 Å². The minimum Gasteiger partial charge on any atom is -0.382 e. The van der Waals surface area contributed by atoms with Crippen LogP contribution in [0.4, 0.5) is 0 Å². The monoisotopic (exact) mass is 256 g/mol. The minimum absolute atomic E-state index is 0. The Kier molecular flexibility index (Phi) is 44.1. The highest BCUT2D eigenvalue weighted by Crippen LogP contribution is 1.91. The summed E-state index contributed by atoms with van der Waals surface area (Å²) >= 11 is 0. The molecular formula is C13H36O4. The van der Waals surface area contributed by atoms with Crippen molar-refractivity contribution in [2.75, 3.05) is 47.3 Å². The molecule has 0 spiro atoms. The fourth-order valence-electron chi connectivity index (χ4n) is 0.772. The van der Waals surface area contributed by atoms with E-state index in [1.165, 1.54) is 0 Å². The summed E-state index contributed by atoms with van der Waals surface area (Å²) in [6.07, 6.45) is 0.118. The smallest absolute Gasteiger partial charge is 0.0781 e. The molecule has 0 N–H and O–H groups in total. The zero-order chi connectivity index (χ0) is 9.94. The van der Waals surface area contributed by atoms with Crippen molar-refractivity contribution in [3.63, 3.8) is 0 Å². The maximum Gasteiger partial charge on any atom is 0.0781 e. The largest absolute Gasteiger partial charge is 0.382 e. The van der Waals surface area contributed by atoms with Crippen LogP contribution in [0.2, 0.25) is 0 Å². The van der Waals surface area contributed by atoms with Gasteiger partial charge in [0, 0.05) is 14.2 Å². The van der Waals surface area contributed by atoms with E-state index in [1.807, 2.05) is 6.92 Å². The lowest BCUT2D eigenvalue weighted by Gasteiger charge is -2.12. The number of rotatable bonds is 9. The fourth-order valence-corrected chi connectivity index (χ4v) is 0.772. The van der Waals surface area contributed by atoms with Crippen molar-refractivity contribution < 1.29 is 18.9 Å². The van der Waals surface area contributed by atoms with E-state index in [-0.39, 0.29) is 35.8 Å². The molecule has 0 saturated heterocycles. The lowest BCUT2D eigenvalue weighted by molar-refractivity contribution is -0.0320. The van der Waals surface area contributed by atoms with E-state index in [9.17, 15) is 0 Å². The zero-order valence-electron chi connectivity index (χ0n) is 8.75. The standard InChI is InChI=1S/C9H20O4.4CH4/c1-9(13-7-5-11-3)8-12-6-4-10-2;;;;/h9H,4-8H2,1-3H3;4*1H4. The van der Waals surface area contributed by atoms with Crippen LogP contribution in [0.1, 0.15) is 36.6 Å². The van der Waals surface area contributed by atoms with Crippen LogP contribution in [0, 0.1) is 0 Å². The van der Waals surface area contributed by atoms with E-state index in [0.717, 1.165) is 0 Å². The number of methoxy groups -OCH3 is 2. The molecule has 112 valence electrons. The van der Waals surface area contributed by atoms with E-state index >= 15 is 0 Å². The van der Waals surface area contributed by atoms with Gasteiger partial charge in [-0.3, -0.25) is 0 Å². The highest BCUT2D eigenvalue weighted by molar-refractivity contribution is 4.46. The lowest BCUT2D eigenvalue weighted by atomic mass is 10.4. The maximum atomic E-state index is 5.37. The second-order valence-corrected chi connectivity index (χ2v) is 2.74. The molecule has 0 fully saturated rings. The quantitative estimate of drug-likeness (QED) is 0.593. The third-order valence-electron chi connectivity index (χ3n) is 1.47. The van der Waals surface area contributed by atoms with Gasteiger partial charge in [0.1, 0.15) is 0 Å². The first-order valence-corrected chi connectivity index (χ1v) is 4.48. The predicted octanol–water partition coefficient (Wildman–Crippen LogP) is 3.25. The molecule has 1 unspecified atom stereocenters. The Labute approximate surface area is 110 Å². The molecule has 0 saturated carbocycles. The van der Waals surface area contributed by atoms with E-state index in [2.05, 4.69) is 0 Å². The average molecular weight is 256 g/mol. The molecule has 0 rings (SSSR count). The van der Waals surface area contributed by atoms with Crippen LogP contribution in [0.3, 0.4) is 0 Å². The van der Waals surface area contributed by atoms with Crippen LogP contribution in [0.15, 0.2) is 0 Å². The van der Waals surface area contributed by atoms with Crippen LogP contribution >= 0.6 is 0 Å². The molecule has 0 amide bonds. The second-order valence-electron chi connectivity index (χ2n) is 2.74. The van der Waals surface area contributed by atoms with Crippen LogP contribution in [0.25, 0.3) is 0 Å². The Morgan fingerprint density at radius 1 is 0.765 bits per heavy atom. The van der Waals surface area contributed by atoms with Crippen LogP contribution in [0.5, 0.6) is 0 Å². The molecule has 0 radical (unpaired) electrons. The van der Waals surface area contributed by atoms with Gasteiger partial charge in [-0.1, -0.05) is 29.7 Å². The first-order chi connectivity index (χ1) is 6.31. The Balaban J connectivity index is -0.000000120. The van der Waals surface area contributed by atoms with Crippen LogP contribution in [-0.4, -0.2) is 53.4 Å². The van der Waals surface area contributed by atoms with Crippen molar-refractivity contribution in [2.24, 2.45) is 0 Å². The lowest BCUT2D eigenvalue weighted by Crippen LogP contribution is -2.19. The van der Waals surface area contributed by atoms with Crippen molar-refractivity contribution in [3.05, 3.63) is 0 Å². The first-order valence-electron chi connectivity index (χ1n) is 4.48. The van der Waals surface area contributed by atoms with Crippen molar-refractivity contribution >= 4 is 0 Å². The molecule has 0 bridgehead atoms. The molecule has 0 heterocycles. The van der Waals surface area contributed by atoms with Crippen molar-refractivity contribution in [3.8, 4) is 0 Å². The molecule has 0 aliphatic carbocycles. The number of ether oxygens (including phenoxy) is 4. The van der Waals surface area contributed by atoms with Crippen LogP contribution < -0.4 is 0 Å². The van der Waals surface area contributed by atoms with Gasteiger partial charge >= 0.3 is 0 Å². The summed E-state index contributed by atoms with van der Waals surface area (Å²) in [6, 6.07) is 0. The Morgan fingerprint density at radius 2 is 1.24 bits per heavy atom. The Bertz CT molecular complexity index is 99.4. The number of hydrogen-bond donors (Lipinski definition) is 0. The van der Waals surface area contributed by atoms with E-state index in [0.29, 0.717) is 33.0 Å². The molecule has 17 heavy (non-hydrogen) atoms. The van der Waals surface area contributed by atoms with Gasteiger partial charge in [-0.2, -0.15) is 0 Å². The van der Waals surface area contributed by atoms with Crippen LogP contribution in [-0.2, 0) is 18.9 Å². The van der Waals surface area contributed by atoms with Crippen molar-refractivity contribution in [1.82, 2.24) is 0 Å². The SMILES string of the molecule is C.C.C.C.COCCOCC(C)OCCOC. The number of hydrogen-bond acceptors (Lipinski definition) is 4. The first kappa shape index (κ1) is 30.1. The maximum absolute atomic E-state index is 5.37. The third-order valence-corrected chi connectivity index (χ3v) is 1.47. The topological polar surface area (TPSA) is 36.9 Å². The van der Waals surface area contributed by atoms with Gasteiger partial charge in [0.15, 0.2) is 0 Å². The van der Waals surface area contributed by atoms with Crippen molar-refractivity contribution in [2.45, 2.75) is 42.7 Å². The summed E-state index contributed by atoms with van der Waals surface area (Å²) in [4.78, 5) is 0. The molecule has 0 aliphatic rings. The van der Waals surface area contributed by atoms with Gasteiger partial charge in [-0.15, -0.1) is 0 Å². The second kappa shape index (κ2) is 24.9. The molecule has 4 heteroatoms.